The molecule has 0 aliphatic carbocycles. The maximum atomic E-state index is 13.4. The Kier molecular flexibility index (Phi) is 6.91. The highest BCUT2D eigenvalue weighted by molar-refractivity contribution is 6.07. The molecule has 0 radical (unpaired) electrons. The average Bonchev–Trinajstić information content (AvgIpc) is 2.92. The molecule has 2 heterocycles. The van der Waals surface area contributed by atoms with Gasteiger partial charge in [-0.1, -0.05) is 66.7 Å². The molecule has 5 nitrogen and oxygen atoms in total. The van der Waals surface area contributed by atoms with Crippen LogP contribution in [-0.2, 0) is 16.1 Å². The molecule has 2 fully saturated rings. The van der Waals surface area contributed by atoms with E-state index in [2.05, 4.69) is 12.1 Å². The fourth-order valence-corrected chi connectivity index (χ4v) is 5.23. The molecule has 5 rings (SSSR count). The second kappa shape index (κ2) is 10.4. The molecular formula is C29H32N2O3. The zero-order chi connectivity index (χ0) is 23.3. The van der Waals surface area contributed by atoms with Gasteiger partial charge < -0.3 is 14.5 Å². The molecule has 34 heavy (non-hydrogen) atoms. The van der Waals surface area contributed by atoms with Gasteiger partial charge in [0.25, 0.3) is 5.91 Å². The minimum absolute atomic E-state index is 0.0299. The van der Waals surface area contributed by atoms with Crippen LogP contribution in [-0.4, -0.2) is 53.9 Å². The Labute approximate surface area is 201 Å². The van der Waals surface area contributed by atoms with Gasteiger partial charge in [0.1, 0.15) is 0 Å². The van der Waals surface area contributed by atoms with Crippen LogP contribution in [0.3, 0.4) is 0 Å². The lowest BCUT2D eigenvalue weighted by Gasteiger charge is -2.38. The van der Waals surface area contributed by atoms with Gasteiger partial charge in [0, 0.05) is 31.7 Å². The summed E-state index contributed by atoms with van der Waals surface area (Å²) in [7, 11) is 0. The zero-order valence-electron chi connectivity index (χ0n) is 19.6. The predicted molar refractivity (Wildman–Crippen MR) is 133 cm³/mol. The average molecular weight is 457 g/mol. The van der Waals surface area contributed by atoms with Crippen LogP contribution in [0.15, 0.2) is 72.8 Å². The van der Waals surface area contributed by atoms with Crippen molar-refractivity contribution in [1.29, 1.82) is 0 Å². The van der Waals surface area contributed by atoms with Crippen molar-refractivity contribution in [2.45, 2.75) is 38.4 Å². The Balaban J connectivity index is 1.16. The van der Waals surface area contributed by atoms with Crippen molar-refractivity contribution in [2.24, 2.45) is 5.92 Å². The number of benzene rings is 3. The summed E-state index contributed by atoms with van der Waals surface area (Å²) in [6.45, 7) is 3.29. The molecule has 2 aliphatic heterocycles. The van der Waals surface area contributed by atoms with Gasteiger partial charge in [-0.15, -0.1) is 0 Å². The van der Waals surface area contributed by atoms with E-state index in [1.54, 1.807) is 0 Å². The smallest absolute Gasteiger partial charge is 0.254 e. The SMILES string of the molecule is O=C(c1cccc2ccccc12)N1CCC[C@@H](C(=O)N2CCC(OCc3ccccc3)CC2)C1. The van der Waals surface area contributed by atoms with Crippen molar-refractivity contribution >= 4 is 22.6 Å². The minimum Gasteiger partial charge on any atom is -0.373 e. The second-order valence-corrected chi connectivity index (χ2v) is 9.44. The molecule has 0 spiro atoms. The first-order valence-corrected chi connectivity index (χ1v) is 12.4. The van der Waals surface area contributed by atoms with Gasteiger partial charge in [-0.05, 0) is 48.1 Å². The molecule has 0 unspecified atom stereocenters. The van der Waals surface area contributed by atoms with Crippen LogP contribution in [0.5, 0.6) is 0 Å². The van der Waals surface area contributed by atoms with E-state index in [0.29, 0.717) is 19.7 Å². The van der Waals surface area contributed by atoms with Gasteiger partial charge in [0.15, 0.2) is 0 Å². The highest BCUT2D eigenvalue weighted by Gasteiger charge is 2.33. The highest BCUT2D eigenvalue weighted by Crippen LogP contribution is 2.26. The molecule has 2 amide bonds. The third-order valence-electron chi connectivity index (χ3n) is 7.16. The summed E-state index contributed by atoms with van der Waals surface area (Å²) in [5, 5.41) is 2.04. The molecular weight excluding hydrogens is 424 g/mol. The zero-order valence-corrected chi connectivity index (χ0v) is 19.6. The van der Waals surface area contributed by atoms with Crippen LogP contribution in [0.4, 0.5) is 0 Å². The number of hydrogen-bond donors (Lipinski definition) is 0. The lowest BCUT2D eigenvalue weighted by molar-refractivity contribution is -0.139. The van der Waals surface area contributed by atoms with Crippen LogP contribution >= 0.6 is 0 Å². The lowest BCUT2D eigenvalue weighted by Crippen LogP contribution is -2.49. The van der Waals surface area contributed by atoms with Crippen LogP contribution in [0.25, 0.3) is 10.8 Å². The maximum absolute atomic E-state index is 13.4. The van der Waals surface area contributed by atoms with Crippen molar-refractivity contribution < 1.29 is 14.3 Å². The number of carbonyl (C=O) groups excluding carboxylic acids is 2. The monoisotopic (exact) mass is 456 g/mol. The largest absolute Gasteiger partial charge is 0.373 e. The third-order valence-corrected chi connectivity index (χ3v) is 7.16. The van der Waals surface area contributed by atoms with E-state index in [4.69, 9.17) is 4.74 Å². The van der Waals surface area contributed by atoms with Crippen molar-refractivity contribution in [2.75, 3.05) is 26.2 Å². The van der Waals surface area contributed by atoms with Crippen LogP contribution in [0, 0.1) is 5.92 Å². The second-order valence-electron chi connectivity index (χ2n) is 9.44. The molecule has 2 saturated heterocycles. The minimum atomic E-state index is -0.116. The molecule has 176 valence electrons. The van der Waals surface area contributed by atoms with Gasteiger partial charge in [0.05, 0.1) is 18.6 Å². The summed E-state index contributed by atoms with van der Waals surface area (Å²) in [6, 6.07) is 24.1. The number of rotatable bonds is 5. The lowest BCUT2D eigenvalue weighted by atomic mass is 9.94. The third kappa shape index (κ3) is 5.00. The summed E-state index contributed by atoms with van der Waals surface area (Å²) in [4.78, 5) is 30.5. The summed E-state index contributed by atoms with van der Waals surface area (Å²) >= 11 is 0. The summed E-state index contributed by atoms with van der Waals surface area (Å²) in [5.41, 5.74) is 1.90. The molecule has 1 atom stereocenters. The quantitative estimate of drug-likeness (QED) is 0.549. The van der Waals surface area contributed by atoms with Crippen molar-refractivity contribution in [3.8, 4) is 0 Å². The number of piperidine rings is 2. The van der Waals surface area contributed by atoms with E-state index in [0.717, 1.165) is 55.1 Å². The standard InChI is InChI=1S/C29H32N2O3/c32-28(30-18-15-25(16-19-30)34-21-22-8-2-1-3-9-22)24-12-7-17-31(20-24)29(33)27-14-6-11-23-10-4-5-13-26(23)27/h1-6,8-11,13-14,24-25H,7,12,15-21H2/t24-/m1/s1. The topological polar surface area (TPSA) is 49.9 Å². The molecule has 0 aromatic heterocycles. The summed E-state index contributed by atoms with van der Waals surface area (Å²) < 4.78 is 6.08. The number of carbonyl (C=O) groups is 2. The first-order chi connectivity index (χ1) is 16.7. The van der Waals surface area contributed by atoms with E-state index in [1.165, 1.54) is 5.56 Å². The summed E-state index contributed by atoms with van der Waals surface area (Å²) in [5.74, 6) is 0.105. The molecule has 5 heteroatoms. The van der Waals surface area contributed by atoms with Gasteiger partial charge >= 0.3 is 0 Å². The number of hydrogen-bond acceptors (Lipinski definition) is 3. The number of ether oxygens (including phenoxy) is 1. The normalized spacial score (nSPS) is 19.4. The van der Waals surface area contributed by atoms with Crippen molar-refractivity contribution in [3.63, 3.8) is 0 Å². The molecule has 0 bridgehead atoms. The Hall–Kier alpha value is -3.18. The number of amides is 2. The Bertz CT molecular complexity index is 1130. The highest BCUT2D eigenvalue weighted by atomic mass is 16.5. The van der Waals surface area contributed by atoms with E-state index in [1.807, 2.05) is 70.5 Å². The van der Waals surface area contributed by atoms with Crippen molar-refractivity contribution in [3.05, 3.63) is 83.9 Å². The van der Waals surface area contributed by atoms with Crippen LogP contribution in [0.1, 0.15) is 41.6 Å². The van der Waals surface area contributed by atoms with Crippen molar-refractivity contribution in [1.82, 2.24) is 9.80 Å². The number of fused-ring (bicyclic) bond motifs is 1. The molecule has 0 saturated carbocycles. The Morgan fingerprint density at radius 1 is 0.794 bits per heavy atom. The van der Waals surface area contributed by atoms with E-state index < -0.39 is 0 Å². The summed E-state index contributed by atoms with van der Waals surface area (Å²) in [6.07, 6.45) is 3.64. The van der Waals surface area contributed by atoms with Gasteiger partial charge in [-0.25, -0.2) is 0 Å². The van der Waals surface area contributed by atoms with Gasteiger partial charge in [-0.3, -0.25) is 9.59 Å². The maximum Gasteiger partial charge on any atom is 0.254 e. The Morgan fingerprint density at radius 2 is 1.53 bits per heavy atom. The Morgan fingerprint density at radius 3 is 2.35 bits per heavy atom. The fraction of sp³-hybridized carbons (Fsp3) is 0.379. The first-order valence-electron chi connectivity index (χ1n) is 12.4. The number of likely N-dealkylation sites (tertiary alicyclic amines) is 2. The predicted octanol–water partition coefficient (Wildman–Crippen LogP) is 4.90. The molecule has 3 aromatic carbocycles. The fourth-order valence-electron chi connectivity index (χ4n) is 5.23. The first kappa shape index (κ1) is 22.6. The van der Waals surface area contributed by atoms with E-state index in [9.17, 15) is 9.59 Å². The van der Waals surface area contributed by atoms with Gasteiger partial charge in [0.2, 0.25) is 5.91 Å². The molecule has 2 aliphatic rings. The van der Waals surface area contributed by atoms with Crippen LogP contribution < -0.4 is 0 Å². The molecule has 0 N–H and O–H groups in total. The van der Waals surface area contributed by atoms with Gasteiger partial charge in [-0.2, -0.15) is 0 Å². The number of nitrogens with zero attached hydrogens (tertiary/aromatic N) is 2. The van der Waals surface area contributed by atoms with E-state index >= 15 is 0 Å². The molecule has 3 aromatic rings. The van der Waals surface area contributed by atoms with E-state index in [-0.39, 0.29) is 23.8 Å². The van der Waals surface area contributed by atoms with Crippen LogP contribution in [0.2, 0.25) is 0 Å².